The van der Waals surface area contributed by atoms with Gasteiger partial charge < -0.3 is 15.7 Å². The van der Waals surface area contributed by atoms with Gasteiger partial charge >= 0.3 is 0 Å². The number of nitrogens with two attached hydrogens (primary N) is 1. The Morgan fingerprint density at radius 3 is 2.31 bits per heavy atom. The van der Waals surface area contributed by atoms with Crippen LogP contribution in [0.3, 0.4) is 0 Å². The van der Waals surface area contributed by atoms with Crippen LogP contribution in [0.2, 0.25) is 0 Å². The van der Waals surface area contributed by atoms with Crippen molar-refractivity contribution >= 4 is 0 Å². The third-order valence-electron chi connectivity index (χ3n) is 2.75. The van der Waals surface area contributed by atoms with Crippen molar-refractivity contribution in [3.8, 4) is 0 Å². The summed E-state index contributed by atoms with van der Waals surface area (Å²) < 4.78 is 0. The Bertz CT molecular complexity index is 122. The second-order valence-corrected chi connectivity index (χ2v) is 3.99. The van der Waals surface area contributed by atoms with Crippen molar-refractivity contribution in [1.82, 2.24) is 4.90 Å². The fraction of sp³-hybridized carbons (Fsp3) is 1.00. The molecule has 0 aromatic rings. The SMILES string of the molecule is NC(CO)CCN1CCCCCC1. The van der Waals surface area contributed by atoms with E-state index in [4.69, 9.17) is 10.8 Å². The normalized spacial score (nSPS) is 22.6. The van der Waals surface area contributed by atoms with Gasteiger partial charge in [-0.2, -0.15) is 0 Å². The number of aliphatic hydroxyl groups excluding tert-OH is 1. The number of hydrogen-bond donors (Lipinski definition) is 2. The second-order valence-electron chi connectivity index (χ2n) is 3.99. The van der Waals surface area contributed by atoms with E-state index in [-0.39, 0.29) is 12.6 Å². The molecular formula is C10H22N2O. The summed E-state index contributed by atoms with van der Waals surface area (Å²) in [7, 11) is 0. The highest BCUT2D eigenvalue weighted by Gasteiger charge is 2.09. The monoisotopic (exact) mass is 186 g/mol. The summed E-state index contributed by atoms with van der Waals surface area (Å²) in [6.07, 6.45) is 6.34. The van der Waals surface area contributed by atoms with Gasteiger partial charge in [0, 0.05) is 6.04 Å². The molecule has 1 rings (SSSR count). The van der Waals surface area contributed by atoms with Crippen LogP contribution in [0.5, 0.6) is 0 Å². The van der Waals surface area contributed by atoms with E-state index in [1.807, 2.05) is 0 Å². The van der Waals surface area contributed by atoms with Gasteiger partial charge in [-0.1, -0.05) is 12.8 Å². The van der Waals surface area contributed by atoms with Gasteiger partial charge in [0.2, 0.25) is 0 Å². The average Bonchev–Trinajstić information content (AvgIpc) is 2.42. The van der Waals surface area contributed by atoms with Crippen LogP contribution in [0.25, 0.3) is 0 Å². The van der Waals surface area contributed by atoms with Crippen LogP contribution in [0.1, 0.15) is 32.1 Å². The first-order valence-corrected chi connectivity index (χ1v) is 5.41. The molecule has 3 nitrogen and oxygen atoms in total. The lowest BCUT2D eigenvalue weighted by atomic mass is 10.2. The standard InChI is InChI=1S/C10H22N2O/c11-10(9-13)5-8-12-6-3-1-2-4-7-12/h10,13H,1-9,11H2. The Kier molecular flexibility index (Phi) is 5.35. The third kappa shape index (κ3) is 4.60. The molecule has 0 saturated carbocycles. The van der Waals surface area contributed by atoms with Gasteiger partial charge in [-0.25, -0.2) is 0 Å². The fourth-order valence-electron chi connectivity index (χ4n) is 1.80. The van der Waals surface area contributed by atoms with Crippen LogP contribution in [0.15, 0.2) is 0 Å². The minimum Gasteiger partial charge on any atom is -0.395 e. The molecule has 0 bridgehead atoms. The minimum absolute atomic E-state index is 0.0248. The van der Waals surface area contributed by atoms with Gasteiger partial charge in [-0.15, -0.1) is 0 Å². The predicted molar refractivity (Wildman–Crippen MR) is 54.6 cm³/mol. The van der Waals surface area contributed by atoms with Crippen LogP contribution in [0, 0.1) is 0 Å². The van der Waals surface area contributed by atoms with Crippen LogP contribution in [-0.4, -0.2) is 42.3 Å². The Hall–Kier alpha value is -0.120. The molecule has 1 heterocycles. The fourth-order valence-corrected chi connectivity index (χ4v) is 1.80. The van der Waals surface area contributed by atoms with E-state index in [0.717, 1.165) is 13.0 Å². The minimum atomic E-state index is -0.0248. The Balaban J connectivity index is 2.11. The van der Waals surface area contributed by atoms with Crippen molar-refractivity contribution in [2.45, 2.75) is 38.1 Å². The predicted octanol–water partition coefficient (Wildman–Crippen LogP) is 0.572. The van der Waals surface area contributed by atoms with Crippen molar-refractivity contribution in [3.63, 3.8) is 0 Å². The summed E-state index contributed by atoms with van der Waals surface area (Å²) in [5, 5.41) is 8.78. The first-order valence-electron chi connectivity index (χ1n) is 5.41. The number of likely N-dealkylation sites (tertiary alicyclic amines) is 1. The molecule has 1 unspecified atom stereocenters. The van der Waals surface area contributed by atoms with E-state index in [1.54, 1.807) is 0 Å². The molecule has 0 aliphatic carbocycles. The Labute approximate surface area is 80.9 Å². The summed E-state index contributed by atoms with van der Waals surface area (Å²) >= 11 is 0. The molecule has 0 radical (unpaired) electrons. The van der Waals surface area contributed by atoms with Gasteiger partial charge in [0.15, 0.2) is 0 Å². The van der Waals surface area contributed by atoms with E-state index in [2.05, 4.69) is 4.90 Å². The van der Waals surface area contributed by atoms with E-state index in [9.17, 15) is 0 Å². The first kappa shape index (κ1) is 11.0. The zero-order chi connectivity index (χ0) is 9.52. The maximum absolute atomic E-state index is 8.78. The van der Waals surface area contributed by atoms with Gasteiger partial charge in [-0.3, -0.25) is 0 Å². The van der Waals surface area contributed by atoms with Gasteiger partial charge in [0.05, 0.1) is 6.61 Å². The molecule has 3 N–H and O–H groups in total. The van der Waals surface area contributed by atoms with Gasteiger partial charge in [-0.05, 0) is 38.9 Å². The van der Waals surface area contributed by atoms with Crippen molar-refractivity contribution < 1.29 is 5.11 Å². The maximum atomic E-state index is 8.78. The van der Waals surface area contributed by atoms with Gasteiger partial charge in [0.1, 0.15) is 0 Å². The van der Waals surface area contributed by atoms with E-state index >= 15 is 0 Å². The highest BCUT2D eigenvalue weighted by atomic mass is 16.3. The summed E-state index contributed by atoms with van der Waals surface area (Å²) in [4.78, 5) is 2.47. The number of rotatable bonds is 4. The lowest BCUT2D eigenvalue weighted by Crippen LogP contribution is -2.33. The first-order chi connectivity index (χ1) is 6.33. The molecule has 78 valence electrons. The molecule has 0 amide bonds. The molecule has 0 spiro atoms. The highest BCUT2D eigenvalue weighted by molar-refractivity contribution is 4.67. The number of hydrogen-bond acceptors (Lipinski definition) is 3. The zero-order valence-electron chi connectivity index (χ0n) is 8.41. The Morgan fingerprint density at radius 2 is 1.77 bits per heavy atom. The van der Waals surface area contributed by atoms with Crippen LogP contribution in [0.4, 0.5) is 0 Å². The largest absolute Gasteiger partial charge is 0.395 e. The summed E-state index contributed by atoms with van der Waals surface area (Å²) in [6.45, 7) is 3.62. The highest BCUT2D eigenvalue weighted by Crippen LogP contribution is 2.09. The van der Waals surface area contributed by atoms with Gasteiger partial charge in [0.25, 0.3) is 0 Å². The molecule has 3 heteroatoms. The molecular weight excluding hydrogens is 164 g/mol. The molecule has 1 fully saturated rings. The summed E-state index contributed by atoms with van der Waals surface area (Å²) in [5.41, 5.74) is 5.65. The molecule has 13 heavy (non-hydrogen) atoms. The quantitative estimate of drug-likeness (QED) is 0.675. The molecule has 1 atom stereocenters. The molecule has 1 aliphatic heterocycles. The van der Waals surface area contributed by atoms with Crippen molar-refractivity contribution in [1.29, 1.82) is 0 Å². The second kappa shape index (κ2) is 6.35. The topological polar surface area (TPSA) is 49.5 Å². The lowest BCUT2D eigenvalue weighted by Gasteiger charge is -2.20. The average molecular weight is 186 g/mol. The summed E-state index contributed by atoms with van der Waals surface area (Å²) in [5.74, 6) is 0. The molecule has 0 aromatic carbocycles. The zero-order valence-corrected chi connectivity index (χ0v) is 8.41. The van der Waals surface area contributed by atoms with E-state index in [1.165, 1.54) is 38.8 Å². The molecule has 1 aliphatic rings. The van der Waals surface area contributed by atoms with Crippen molar-refractivity contribution in [2.24, 2.45) is 5.73 Å². The van der Waals surface area contributed by atoms with E-state index in [0.29, 0.717) is 0 Å². The van der Waals surface area contributed by atoms with Crippen molar-refractivity contribution in [3.05, 3.63) is 0 Å². The van der Waals surface area contributed by atoms with Crippen LogP contribution >= 0.6 is 0 Å². The molecule has 0 aromatic heterocycles. The number of nitrogens with zero attached hydrogens (tertiary/aromatic N) is 1. The van der Waals surface area contributed by atoms with Crippen molar-refractivity contribution in [2.75, 3.05) is 26.2 Å². The lowest BCUT2D eigenvalue weighted by molar-refractivity contribution is 0.227. The summed E-state index contributed by atoms with van der Waals surface area (Å²) in [6, 6.07) is -0.0248. The van der Waals surface area contributed by atoms with E-state index < -0.39 is 0 Å². The number of aliphatic hydroxyl groups is 1. The maximum Gasteiger partial charge on any atom is 0.0583 e. The smallest absolute Gasteiger partial charge is 0.0583 e. The molecule has 1 saturated heterocycles. The van der Waals surface area contributed by atoms with Crippen LogP contribution < -0.4 is 5.73 Å². The van der Waals surface area contributed by atoms with Crippen LogP contribution in [-0.2, 0) is 0 Å². The Morgan fingerprint density at radius 1 is 1.15 bits per heavy atom. The third-order valence-corrected chi connectivity index (χ3v) is 2.75.